The average molecular weight is 247 g/mol. The first-order valence-electron chi connectivity index (χ1n) is 5.36. The van der Waals surface area contributed by atoms with E-state index in [-0.39, 0.29) is 0 Å². The maximum atomic E-state index is 5.73. The van der Waals surface area contributed by atoms with Crippen LogP contribution in [-0.2, 0) is 0 Å². The summed E-state index contributed by atoms with van der Waals surface area (Å²) in [5.41, 5.74) is 1.06. The largest absolute Gasteiger partial charge is 0.497 e. The predicted molar refractivity (Wildman–Crippen MR) is 71.6 cm³/mol. The van der Waals surface area contributed by atoms with Gasteiger partial charge < -0.3 is 4.74 Å². The van der Waals surface area contributed by atoms with E-state index in [9.17, 15) is 0 Å². The molecule has 0 aliphatic carbocycles. The summed E-state index contributed by atoms with van der Waals surface area (Å²) >= 11 is 1.71. The molecule has 0 aliphatic heterocycles. The van der Waals surface area contributed by atoms with Crippen LogP contribution in [0.1, 0.15) is 5.76 Å². The summed E-state index contributed by atoms with van der Waals surface area (Å²) in [5, 5.41) is 0. The Bertz CT molecular complexity index is 506. The van der Waals surface area contributed by atoms with Crippen molar-refractivity contribution in [3.63, 3.8) is 0 Å². The molecular formula is C14H15O2S+. The molecule has 0 saturated carbocycles. The molecule has 0 saturated heterocycles. The Morgan fingerprint density at radius 2 is 1.82 bits per heavy atom. The van der Waals surface area contributed by atoms with Crippen LogP contribution in [0.3, 0.4) is 0 Å². The second kappa shape index (κ2) is 5.23. The summed E-state index contributed by atoms with van der Waals surface area (Å²) in [6, 6.07) is 12.0. The molecule has 0 spiro atoms. The molecule has 2 nitrogen and oxygen atoms in total. The van der Waals surface area contributed by atoms with Gasteiger partial charge in [-0.1, -0.05) is 0 Å². The molecule has 0 aliphatic rings. The van der Waals surface area contributed by atoms with Crippen molar-refractivity contribution in [1.82, 2.24) is 0 Å². The number of benzene rings is 1. The van der Waals surface area contributed by atoms with E-state index >= 15 is 0 Å². The molecule has 0 radical (unpaired) electrons. The third-order valence-electron chi connectivity index (χ3n) is 2.50. The van der Waals surface area contributed by atoms with E-state index in [0.717, 1.165) is 22.8 Å². The van der Waals surface area contributed by atoms with Gasteiger partial charge in [0.1, 0.15) is 5.75 Å². The number of ether oxygens (including phenoxy) is 1. The van der Waals surface area contributed by atoms with Crippen molar-refractivity contribution in [2.45, 2.75) is 11.8 Å². The summed E-state index contributed by atoms with van der Waals surface area (Å²) in [6.45, 7) is 1.97. The highest BCUT2D eigenvalue weighted by Gasteiger charge is 2.14. The van der Waals surface area contributed by atoms with Crippen molar-refractivity contribution in [3.05, 3.63) is 42.2 Å². The van der Waals surface area contributed by atoms with Crippen molar-refractivity contribution in [2.75, 3.05) is 13.4 Å². The van der Waals surface area contributed by atoms with E-state index in [0.29, 0.717) is 0 Å². The number of hydrogen-bond donors (Lipinski definition) is 0. The third kappa shape index (κ3) is 2.80. The lowest BCUT2D eigenvalue weighted by molar-refractivity contribution is 0.415. The van der Waals surface area contributed by atoms with Gasteiger partial charge in [0.25, 0.3) is 0 Å². The number of methoxy groups -OCH3 is 1. The molecule has 88 valence electrons. The van der Waals surface area contributed by atoms with E-state index in [4.69, 9.17) is 9.15 Å². The fourth-order valence-corrected chi connectivity index (χ4v) is 2.13. The van der Waals surface area contributed by atoms with Crippen LogP contribution in [0.5, 0.6) is 5.75 Å². The lowest BCUT2D eigenvalue weighted by atomic mass is 10.1. The molecule has 1 heterocycles. The van der Waals surface area contributed by atoms with Crippen LogP contribution < -0.4 is 4.74 Å². The Morgan fingerprint density at radius 3 is 2.41 bits per heavy atom. The third-order valence-corrected chi connectivity index (χ3v) is 3.21. The molecule has 2 aromatic rings. The minimum Gasteiger partial charge on any atom is -0.497 e. The first kappa shape index (κ1) is 12.0. The molecule has 0 amide bonds. The molecule has 0 fully saturated rings. The van der Waals surface area contributed by atoms with Crippen LogP contribution in [0, 0.1) is 6.92 Å². The van der Waals surface area contributed by atoms with E-state index in [2.05, 4.69) is 12.3 Å². The topological polar surface area (TPSA) is 20.5 Å². The average Bonchev–Trinajstić information content (AvgIpc) is 2.38. The lowest BCUT2D eigenvalue weighted by Crippen LogP contribution is -1.84. The van der Waals surface area contributed by atoms with Gasteiger partial charge in [-0.2, -0.15) is 0 Å². The highest BCUT2D eigenvalue weighted by molar-refractivity contribution is 7.98. The zero-order valence-corrected chi connectivity index (χ0v) is 11.0. The van der Waals surface area contributed by atoms with Crippen LogP contribution in [0.15, 0.2) is 45.7 Å². The van der Waals surface area contributed by atoms with Gasteiger partial charge in [0.15, 0.2) is 0 Å². The van der Waals surface area contributed by atoms with E-state index < -0.39 is 0 Å². The van der Waals surface area contributed by atoms with Gasteiger partial charge in [-0.3, -0.25) is 0 Å². The summed E-state index contributed by atoms with van der Waals surface area (Å²) in [7, 11) is 1.66. The fraction of sp³-hybridized carbons (Fsp3) is 0.214. The monoisotopic (exact) mass is 247 g/mol. The molecule has 2 rings (SSSR count). The zero-order valence-electron chi connectivity index (χ0n) is 10.2. The summed E-state index contributed by atoms with van der Waals surface area (Å²) < 4.78 is 10.9. The Balaban J connectivity index is 2.41. The molecule has 0 atom stereocenters. The van der Waals surface area contributed by atoms with Crippen molar-refractivity contribution < 1.29 is 9.15 Å². The maximum absolute atomic E-state index is 5.73. The van der Waals surface area contributed by atoms with Gasteiger partial charge in [-0.25, -0.2) is 4.42 Å². The van der Waals surface area contributed by atoms with Crippen molar-refractivity contribution in [2.24, 2.45) is 0 Å². The Hall–Kier alpha value is -1.48. The summed E-state index contributed by atoms with van der Waals surface area (Å²) in [4.78, 5) is 1.21. The normalized spacial score (nSPS) is 10.3. The van der Waals surface area contributed by atoms with E-state index in [1.54, 1.807) is 18.9 Å². The highest BCUT2D eigenvalue weighted by Crippen LogP contribution is 2.27. The fourth-order valence-electron chi connectivity index (χ4n) is 1.62. The van der Waals surface area contributed by atoms with Gasteiger partial charge >= 0.3 is 11.5 Å². The first-order chi connectivity index (χ1) is 8.22. The predicted octanol–water partition coefficient (Wildman–Crippen LogP) is 4.27. The SMILES string of the molecule is COc1ccc(-c2cc(SC)cc(C)[o+]2)cc1. The Labute approximate surface area is 106 Å². The van der Waals surface area contributed by atoms with Crippen molar-refractivity contribution in [1.29, 1.82) is 0 Å². The molecule has 17 heavy (non-hydrogen) atoms. The first-order valence-corrected chi connectivity index (χ1v) is 6.58. The van der Waals surface area contributed by atoms with E-state index in [1.807, 2.05) is 37.3 Å². The number of thioether (sulfide) groups is 1. The molecule has 0 N–H and O–H groups in total. The summed E-state index contributed by atoms with van der Waals surface area (Å²) in [6.07, 6.45) is 2.06. The van der Waals surface area contributed by atoms with Gasteiger partial charge in [-0.05, 0) is 30.5 Å². The van der Waals surface area contributed by atoms with Gasteiger partial charge in [0, 0.05) is 4.90 Å². The van der Waals surface area contributed by atoms with Crippen LogP contribution in [-0.4, -0.2) is 13.4 Å². The minimum atomic E-state index is 0.853. The second-order valence-electron chi connectivity index (χ2n) is 3.70. The van der Waals surface area contributed by atoms with Crippen LogP contribution in [0.25, 0.3) is 11.3 Å². The molecule has 0 unspecified atom stereocenters. The second-order valence-corrected chi connectivity index (χ2v) is 4.58. The van der Waals surface area contributed by atoms with Gasteiger partial charge in [0.05, 0.1) is 31.7 Å². The molecule has 3 heteroatoms. The molecule has 0 bridgehead atoms. The maximum Gasteiger partial charge on any atom is 0.361 e. The van der Waals surface area contributed by atoms with E-state index in [1.165, 1.54) is 4.90 Å². The number of rotatable bonds is 3. The van der Waals surface area contributed by atoms with Gasteiger partial charge in [-0.15, -0.1) is 11.8 Å². The quantitative estimate of drug-likeness (QED) is 0.597. The minimum absolute atomic E-state index is 0.853. The summed E-state index contributed by atoms with van der Waals surface area (Å²) in [5.74, 6) is 2.66. The van der Waals surface area contributed by atoms with Crippen LogP contribution in [0.2, 0.25) is 0 Å². The molecular weight excluding hydrogens is 232 g/mol. The van der Waals surface area contributed by atoms with Crippen LogP contribution >= 0.6 is 11.8 Å². The van der Waals surface area contributed by atoms with Crippen molar-refractivity contribution in [3.8, 4) is 17.1 Å². The molecule has 1 aromatic carbocycles. The van der Waals surface area contributed by atoms with Crippen molar-refractivity contribution >= 4 is 11.8 Å². The lowest BCUT2D eigenvalue weighted by Gasteiger charge is -1.99. The molecule has 1 aromatic heterocycles. The Kier molecular flexibility index (Phi) is 3.69. The van der Waals surface area contributed by atoms with Crippen LogP contribution in [0.4, 0.5) is 0 Å². The standard InChI is InChI=1S/C14H15O2S/c1-10-8-13(17-3)9-14(16-10)11-4-6-12(15-2)7-5-11/h4-9H,1-3H3/q+1. The highest BCUT2D eigenvalue weighted by atomic mass is 32.2. The smallest absolute Gasteiger partial charge is 0.361 e. The number of aryl methyl sites for hydroxylation is 1. The van der Waals surface area contributed by atoms with Gasteiger partial charge in [0.2, 0.25) is 0 Å². The number of hydrogen-bond acceptors (Lipinski definition) is 2. The zero-order chi connectivity index (χ0) is 12.3. The Morgan fingerprint density at radius 1 is 1.12 bits per heavy atom.